The standard InChI is InChI=1S/C21H16N2O4/c24-20(25)19-11-13(9-10-22-19)23-21(26)27-12-18-16-7-3-1-5-14(16)15-6-2-4-8-17(15)18/h1-11,18H,12H2,(H,24,25)(H,22,23,26). The molecule has 0 saturated carbocycles. The second-order valence-electron chi connectivity index (χ2n) is 6.19. The first-order chi connectivity index (χ1) is 13.1. The minimum atomic E-state index is -1.16. The number of amides is 1. The molecule has 2 aromatic carbocycles. The van der Waals surface area contributed by atoms with E-state index in [1.165, 1.54) is 18.3 Å². The molecule has 134 valence electrons. The number of aromatic nitrogens is 1. The number of carbonyl (C=O) groups excluding carboxylic acids is 1. The van der Waals surface area contributed by atoms with Crippen LogP contribution >= 0.6 is 0 Å². The highest BCUT2D eigenvalue weighted by atomic mass is 16.5. The molecule has 0 bridgehead atoms. The molecule has 2 N–H and O–H groups in total. The first-order valence-electron chi connectivity index (χ1n) is 8.45. The zero-order valence-electron chi connectivity index (χ0n) is 14.3. The lowest BCUT2D eigenvalue weighted by molar-refractivity contribution is 0.0690. The van der Waals surface area contributed by atoms with Gasteiger partial charge >= 0.3 is 12.1 Å². The predicted octanol–water partition coefficient (Wildman–Crippen LogP) is 4.14. The Labute approximate surface area is 155 Å². The van der Waals surface area contributed by atoms with Crippen molar-refractivity contribution in [1.82, 2.24) is 4.98 Å². The number of fused-ring (bicyclic) bond motifs is 3. The van der Waals surface area contributed by atoms with Crippen LogP contribution in [-0.4, -0.2) is 28.8 Å². The van der Waals surface area contributed by atoms with Crippen molar-refractivity contribution in [3.63, 3.8) is 0 Å². The summed E-state index contributed by atoms with van der Waals surface area (Å²) in [5.74, 6) is -1.19. The number of carboxylic acid groups (broad SMARTS) is 1. The van der Waals surface area contributed by atoms with Gasteiger partial charge in [0.2, 0.25) is 0 Å². The van der Waals surface area contributed by atoms with Gasteiger partial charge in [-0.2, -0.15) is 0 Å². The maximum atomic E-state index is 12.2. The highest BCUT2D eigenvalue weighted by Gasteiger charge is 2.29. The molecule has 6 nitrogen and oxygen atoms in total. The summed E-state index contributed by atoms with van der Waals surface area (Å²) in [4.78, 5) is 26.9. The number of aromatic carboxylic acids is 1. The van der Waals surface area contributed by atoms with Gasteiger partial charge in [0.1, 0.15) is 12.3 Å². The van der Waals surface area contributed by atoms with Crippen LogP contribution in [0.1, 0.15) is 27.5 Å². The van der Waals surface area contributed by atoms with Crippen LogP contribution < -0.4 is 5.32 Å². The summed E-state index contributed by atoms with van der Waals surface area (Å²) < 4.78 is 5.43. The van der Waals surface area contributed by atoms with Gasteiger partial charge in [0.05, 0.1) is 0 Å². The molecular weight excluding hydrogens is 344 g/mol. The van der Waals surface area contributed by atoms with Crippen molar-refractivity contribution in [2.75, 3.05) is 11.9 Å². The number of rotatable bonds is 4. The summed E-state index contributed by atoms with van der Waals surface area (Å²) in [5, 5.41) is 11.5. The fourth-order valence-corrected chi connectivity index (χ4v) is 3.38. The average molecular weight is 360 g/mol. The molecule has 0 aliphatic heterocycles. The molecule has 27 heavy (non-hydrogen) atoms. The number of carbonyl (C=O) groups is 2. The minimum Gasteiger partial charge on any atom is -0.477 e. The molecule has 3 aromatic rings. The van der Waals surface area contributed by atoms with E-state index in [1.807, 2.05) is 36.4 Å². The third-order valence-electron chi connectivity index (χ3n) is 4.57. The summed E-state index contributed by atoms with van der Waals surface area (Å²) >= 11 is 0. The van der Waals surface area contributed by atoms with Crippen LogP contribution in [-0.2, 0) is 4.74 Å². The number of hydrogen-bond acceptors (Lipinski definition) is 4. The number of carboxylic acids is 1. The van der Waals surface area contributed by atoms with Crippen molar-refractivity contribution >= 4 is 17.7 Å². The summed E-state index contributed by atoms with van der Waals surface area (Å²) in [7, 11) is 0. The quantitative estimate of drug-likeness (QED) is 0.730. The monoisotopic (exact) mass is 360 g/mol. The first-order valence-corrected chi connectivity index (χ1v) is 8.45. The Balaban J connectivity index is 1.48. The van der Waals surface area contributed by atoms with Gasteiger partial charge in [-0.1, -0.05) is 48.5 Å². The molecule has 1 aromatic heterocycles. The van der Waals surface area contributed by atoms with E-state index in [0.29, 0.717) is 5.69 Å². The van der Waals surface area contributed by atoms with Crippen LogP contribution in [0.2, 0.25) is 0 Å². The lowest BCUT2D eigenvalue weighted by Gasteiger charge is -2.14. The first kappa shape index (κ1) is 16.8. The number of nitrogens with one attached hydrogen (secondary N) is 1. The normalized spacial score (nSPS) is 12.1. The van der Waals surface area contributed by atoms with Gasteiger partial charge in [0, 0.05) is 17.8 Å². The maximum absolute atomic E-state index is 12.2. The summed E-state index contributed by atoms with van der Waals surface area (Å²) in [6.07, 6.45) is 0.683. The Morgan fingerprint density at radius 3 is 2.26 bits per heavy atom. The van der Waals surface area contributed by atoms with Crippen LogP contribution in [0.25, 0.3) is 11.1 Å². The van der Waals surface area contributed by atoms with Gasteiger partial charge < -0.3 is 9.84 Å². The van der Waals surface area contributed by atoms with E-state index in [1.54, 1.807) is 0 Å². The van der Waals surface area contributed by atoms with Gasteiger partial charge in [-0.15, -0.1) is 0 Å². The highest BCUT2D eigenvalue weighted by Crippen LogP contribution is 2.44. The van der Waals surface area contributed by atoms with E-state index in [2.05, 4.69) is 22.4 Å². The highest BCUT2D eigenvalue weighted by molar-refractivity contribution is 5.89. The molecule has 0 atom stereocenters. The lowest BCUT2D eigenvalue weighted by Crippen LogP contribution is -2.18. The van der Waals surface area contributed by atoms with E-state index in [-0.39, 0.29) is 18.2 Å². The van der Waals surface area contributed by atoms with E-state index in [9.17, 15) is 9.59 Å². The van der Waals surface area contributed by atoms with Crippen LogP contribution in [0.5, 0.6) is 0 Å². The molecule has 4 rings (SSSR count). The van der Waals surface area contributed by atoms with E-state index in [0.717, 1.165) is 22.3 Å². The fourth-order valence-electron chi connectivity index (χ4n) is 3.38. The molecule has 0 unspecified atom stereocenters. The number of hydrogen-bond donors (Lipinski definition) is 2. The SMILES string of the molecule is O=C(Nc1ccnc(C(=O)O)c1)OCC1c2ccccc2-c2ccccc21. The average Bonchev–Trinajstić information content (AvgIpc) is 3.00. The molecule has 0 radical (unpaired) electrons. The zero-order valence-corrected chi connectivity index (χ0v) is 14.3. The summed E-state index contributed by atoms with van der Waals surface area (Å²) in [5.41, 5.74) is 4.74. The summed E-state index contributed by atoms with van der Waals surface area (Å²) in [6, 6.07) is 19.0. The number of nitrogens with zero attached hydrogens (tertiary/aromatic N) is 1. The molecular formula is C21H16N2O4. The molecule has 0 fully saturated rings. The maximum Gasteiger partial charge on any atom is 0.411 e. The molecule has 1 amide bonds. The predicted molar refractivity (Wildman–Crippen MR) is 99.9 cm³/mol. The van der Waals surface area contributed by atoms with E-state index >= 15 is 0 Å². The Morgan fingerprint density at radius 1 is 1.00 bits per heavy atom. The van der Waals surface area contributed by atoms with Gasteiger partial charge in [-0.05, 0) is 34.4 Å². The Bertz CT molecular complexity index is 986. The Hall–Kier alpha value is -3.67. The van der Waals surface area contributed by atoms with Crippen molar-refractivity contribution in [1.29, 1.82) is 0 Å². The number of ether oxygens (including phenoxy) is 1. The molecule has 1 aliphatic rings. The van der Waals surface area contributed by atoms with E-state index in [4.69, 9.17) is 9.84 Å². The Kier molecular flexibility index (Phi) is 4.30. The fraction of sp³-hybridized carbons (Fsp3) is 0.0952. The van der Waals surface area contributed by atoms with Crippen molar-refractivity contribution in [3.05, 3.63) is 83.7 Å². The van der Waals surface area contributed by atoms with Crippen LogP contribution in [0.4, 0.5) is 10.5 Å². The van der Waals surface area contributed by atoms with Crippen molar-refractivity contribution in [3.8, 4) is 11.1 Å². The lowest BCUT2D eigenvalue weighted by atomic mass is 9.98. The number of pyridine rings is 1. The van der Waals surface area contributed by atoms with Crippen molar-refractivity contribution in [2.24, 2.45) is 0 Å². The second kappa shape index (κ2) is 6.92. The number of benzene rings is 2. The molecule has 6 heteroatoms. The van der Waals surface area contributed by atoms with Gasteiger partial charge in [-0.25, -0.2) is 14.6 Å². The molecule has 1 aliphatic carbocycles. The minimum absolute atomic E-state index is 0.0322. The van der Waals surface area contributed by atoms with Crippen molar-refractivity contribution < 1.29 is 19.4 Å². The van der Waals surface area contributed by atoms with Gasteiger partial charge in [0.15, 0.2) is 0 Å². The van der Waals surface area contributed by atoms with E-state index < -0.39 is 12.1 Å². The third-order valence-corrected chi connectivity index (χ3v) is 4.57. The largest absolute Gasteiger partial charge is 0.477 e. The topological polar surface area (TPSA) is 88.5 Å². The van der Waals surface area contributed by atoms with Crippen LogP contribution in [0.3, 0.4) is 0 Å². The molecule has 0 spiro atoms. The van der Waals surface area contributed by atoms with Gasteiger partial charge in [-0.3, -0.25) is 5.32 Å². The van der Waals surface area contributed by atoms with Crippen LogP contribution in [0, 0.1) is 0 Å². The molecule has 0 saturated heterocycles. The number of anilines is 1. The van der Waals surface area contributed by atoms with Crippen molar-refractivity contribution in [2.45, 2.75) is 5.92 Å². The van der Waals surface area contributed by atoms with Gasteiger partial charge in [0.25, 0.3) is 0 Å². The Morgan fingerprint density at radius 2 is 1.63 bits per heavy atom. The smallest absolute Gasteiger partial charge is 0.411 e. The van der Waals surface area contributed by atoms with Crippen LogP contribution in [0.15, 0.2) is 66.9 Å². The second-order valence-corrected chi connectivity index (χ2v) is 6.19. The zero-order chi connectivity index (χ0) is 18.8. The third kappa shape index (κ3) is 3.25. The molecule has 1 heterocycles. The summed E-state index contributed by atoms with van der Waals surface area (Å²) in [6.45, 7) is 0.191.